The third-order valence-electron chi connectivity index (χ3n) is 3.39. The Labute approximate surface area is 121 Å². The number of anilines is 1. The van der Waals surface area contributed by atoms with Gasteiger partial charge in [0.05, 0.1) is 12.1 Å². The lowest BCUT2D eigenvalue weighted by atomic mass is 9.96. The first-order valence-corrected chi connectivity index (χ1v) is 6.62. The number of carboxylic acid groups (broad SMARTS) is 1. The summed E-state index contributed by atoms with van der Waals surface area (Å²) in [5.41, 5.74) is 0.802. The molecule has 1 aliphatic rings. The van der Waals surface area contributed by atoms with E-state index in [1.807, 2.05) is 0 Å². The van der Waals surface area contributed by atoms with Crippen LogP contribution in [-0.4, -0.2) is 28.7 Å². The molecule has 1 heterocycles. The molecule has 1 atom stereocenters. The molecule has 0 radical (unpaired) electrons. The van der Waals surface area contributed by atoms with Crippen LogP contribution in [0.5, 0.6) is 0 Å². The molecule has 0 saturated carbocycles. The van der Waals surface area contributed by atoms with E-state index in [9.17, 15) is 19.2 Å². The number of carbonyl (C=O) groups excluding carboxylic acids is 3. The summed E-state index contributed by atoms with van der Waals surface area (Å²) in [4.78, 5) is 47.0. The number of nitrogens with zero attached hydrogens (tertiary/aromatic N) is 1. The van der Waals surface area contributed by atoms with Crippen LogP contribution >= 0.6 is 0 Å². The maximum Gasteiger partial charge on any atom is 0.304 e. The Morgan fingerprint density at radius 1 is 1.14 bits per heavy atom. The first-order valence-electron chi connectivity index (χ1n) is 6.62. The van der Waals surface area contributed by atoms with Gasteiger partial charge in [-0.1, -0.05) is 6.92 Å². The second-order valence-electron chi connectivity index (χ2n) is 5.03. The second kappa shape index (κ2) is 5.87. The summed E-state index contributed by atoms with van der Waals surface area (Å²) in [6.07, 6.45) is 0.175. The van der Waals surface area contributed by atoms with Gasteiger partial charge >= 0.3 is 5.97 Å². The van der Waals surface area contributed by atoms with Crippen molar-refractivity contribution in [2.75, 3.05) is 4.90 Å². The molecule has 2 rings (SSSR count). The second-order valence-corrected chi connectivity index (χ2v) is 5.03. The normalized spacial score (nSPS) is 16.1. The summed E-state index contributed by atoms with van der Waals surface area (Å²) >= 11 is 0. The van der Waals surface area contributed by atoms with Gasteiger partial charge in [0, 0.05) is 24.3 Å². The molecule has 21 heavy (non-hydrogen) atoms. The summed E-state index contributed by atoms with van der Waals surface area (Å²) in [6.45, 7) is 1.55. The van der Waals surface area contributed by atoms with Gasteiger partial charge in [-0.3, -0.25) is 24.1 Å². The Morgan fingerprint density at radius 2 is 1.67 bits per heavy atom. The van der Waals surface area contributed by atoms with Crippen molar-refractivity contribution in [2.45, 2.75) is 26.2 Å². The zero-order valence-electron chi connectivity index (χ0n) is 11.5. The van der Waals surface area contributed by atoms with E-state index in [1.165, 1.54) is 24.3 Å². The third kappa shape index (κ3) is 3.16. The minimum absolute atomic E-state index is 0.204. The summed E-state index contributed by atoms with van der Waals surface area (Å²) in [5.74, 6) is -2.43. The molecule has 110 valence electrons. The van der Waals surface area contributed by atoms with Crippen LogP contribution in [0.1, 0.15) is 36.5 Å². The molecule has 6 nitrogen and oxygen atoms in total. The van der Waals surface area contributed by atoms with Gasteiger partial charge < -0.3 is 5.11 Å². The number of ketones is 1. The fraction of sp³-hybridized carbons (Fsp3) is 0.333. The van der Waals surface area contributed by atoms with E-state index < -0.39 is 11.9 Å². The van der Waals surface area contributed by atoms with Gasteiger partial charge in [-0.15, -0.1) is 0 Å². The zero-order valence-corrected chi connectivity index (χ0v) is 11.5. The van der Waals surface area contributed by atoms with Crippen molar-refractivity contribution in [3.8, 4) is 0 Å². The number of rotatable bonds is 5. The van der Waals surface area contributed by atoms with Crippen molar-refractivity contribution in [3.05, 3.63) is 29.8 Å². The third-order valence-corrected chi connectivity index (χ3v) is 3.39. The average molecular weight is 289 g/mol. The first kappa shape index (κ1) is 14.9. The van der Waals surface area contributed by atoms with E-state index in [2.05, 4.69) is 0 Å². The first-order chi connectivity index (χ1) is 9.90. The van der Waals surface area contributed by atoms with Crippen molar-refractivity contribution < 1.29 is 24.3 Å². The van der Waals surface area contributed by atoms with Crippen LogP contribution in [0.2, 0.25) is 0 Å². The van der Waals surface area contributed by atoms with Gasteiger partial charge in [0.25, 0.3) is 0 Å². The highest BCUT2D eigenvalue weighted by atomic mass is 16.4. The van der Waals surface area contributed by atoms with Gasteiger partial charge in [-0.05, 0) is 24.3 Å². The summed E-state index contributed by atoms with van der Waals surface area (Å²) < 4.78 is 0. The van der Waals surface area contributed by atoms with E-state index in [0.29, 0.717) is 11.3 Å². The summed E-state index contributed by atoms with van der Waals surface area (Å²) in [6, 6.07) is 6.08. The molecule has 6 heteroatoms. The van der Waals surface area contributed by atoms with E-state index in [4.69, 9.17) is 5.11 Å². The molecule has 1 unspecified atom stereocenters. The highest BCUT2D eigenvalue weighted by molar-refractivity contribution is 6.19. The smallest absolute Gasteiger partial charge is 0.304 e. The summed E-state index contributed by atoms with van der Waals surface area (Å²) in [7, 11) is 0. The van der Waals surface area contributed by atoms with Crippen molar-refractivity contribution >= 4 is 29.3 Å². The van der Waals surface area contributed by atoms with Crippen LogP contribution in [0.4, 0.5) is 5.69 Å². The lowest BCUT2D eigenvalue weighted by Gasteiger charge is -2.14. The lowest BCUT2D eigenvalue weighted by molar-refractivity contribution is -0.137. The Balaban J connectivity index is 2.15. The lowest BCUT2D eigenvalue weighted by Crippen LogP contribution is -2.28. The Kier molecular flexibility index (Phi) is 4.16. The fourth-order valence-electron chi connectivity index (χ4n) is 2.28. The Bertz CT molecular complexity index is 589. The number of carbonyl (C=O) groups is 4. The number of carboxylic acids is 1. The summed E-state index contributed by atoms with van der Waals surface area (Å²) in [5, 5.41) is 8.69. The van der Waals surface area contributed by atoms with Gasteiger partial charge in [0.2, 0.25) is 11.8 Å². The molecular formula is C15H15NO5. The van der Waals surface area contributed by atoms with E-state index >= 15 is 0 Å². The van der Waals surface area contributed by atoms with Crippen molar-refractivity contribution in [2.24, 2.45) is 5.92 Å². The van der Waals surface area contributed by atoms with Crippen LogP contribution in [-0.2, 0) is 14.4 Å². The number of hydrogen-bond donors (Lipinski definition) is 1. The number of hydrogen-bond acceptors (Lipinski definition) is 4. The molecule has 0 aliphatic carbocycles. The molecule has 1 saturated heterocycles. The standard InChI is InChI=1S/C15H15NO5/c1-9(8-14(19)20)15(21)10-2-4-11(5-3-10)16-12(17)6-7-13(16)18/h2-5,9H,6-8H2,1H3,(H,19,20). The molecular weight excluding hydrogens is 274 g/mol. The number of aliphatic carboxylic acids is 1. The molecule has 1 fully saturated rings. The molecule has 1 aromatic carbocycles. The number of imide groups is 1. The Morgan fingerprint density at radius 3 is 2.14 bits per heavy atom. The van der Waals surface area contributed by atoms with Crippen LogP contribution in [0.15, 0.2) is 24.3 Å². The molecule has 0 bridgehead atoms. The van der Waals surface area contributed by atoms with E-state index in [-0.39, 0.29) is 36.9 Å². The number of Topliss-reactive ketones (excluding diaryl/α,β-unsaturated/α-hetero) is 1. The molecule has 1 aromatic rings. The number of amides is 2. The van der Waals surface area contributed by atoms with E-state index in [1.54, 1.807) is 6.92 Å². The minimum Gasteiger partial charge on any atom is -0.481 e. The average Bonchev–Trinajstić information content (AvgIpc) is 2.77. The van der Waals surface area contributed by atoms with E-state index in [0.717, 1.165) is 4.90 Å². The van der Waals surface area contributed by atoms with Crippen LogP contribution in [0.3, 0.4) is 0 Å². The fourth-order valence-corrected chi connectivity index (χ4v) is 2.28. The topological polar surface area (TPSA) is 91.8 Å². The maximum atomic E-state index is 12.0. The monoisotopic (exact) mass is 289 g/mol. The van der Waals surface area contributed by atoms with Crippen LogP contribution in [0.25, 0.3) is 0 Å². The van der Waals surface area contributed by atoms with Gasteiger partial charge in [0.15, 0.2) is 5.78 Å². The van der Waals surface area contributed by atoms with Gasteiger partial charge in [0.1, 0.15) is 0 Å². The SMILES string of the molecule is CC(CC(=O)O)C(=O)c1ccc(N2C(=O)CCC2=O)cc1. The van der Waals surface area contributed by atoms with Crippen LogP contribution < -0.4 is 4.90 Å². The maximum absolute atomic E-state index is 12.0. The minimum atomic E-state index is -1.03. The molecule has 2 amide bonds. The van der Waals surface area contributed by atoms with Crippen molar-refractivity contribution in [1.29, 1.82) is 0 Å². The molecule has 1 aliphatic heterocycles. The highest BCUT2D eigenvalue weighted by Gasteiger charge is 2.30. The highest BCUT2D eigenvalue weighted by Crippen LogP contribution is 2.23. The molecule has 1 N–H and O–H groups in total. The van der Waals surface area contributed by atoms with Gasteiger partial charge in [-0.25, -0.2) is 0 Å². The predicted molar refractivity (Wildman–Crippen MR) is 73.9 cm³/mol. The predicted octanol–water partition coefficient (Wildman–Crippen LogP) is 1.63. The van der Waals surface area contributed by atoms with Crippen molar-refractivity contribution in [1.82, 2.24) is 0 Å². The quantitative estimate of drug-likeness (QED) is 0.657. The van der Waals surface area contributed by atoms with Crippen LogP contribution in [0, 0.1) is 5.92 Å². The largest absolute Gasteiger partial charge is 0.481 e. The number of benzene rings is 1. The van der Waals surface area contributed by atoms with Crippen molar-refractivity contribution in [3.63, 3.8) is 0 Å². The molecule has 0 spiro atoms. The van der Waals surface area contributed by atoms with Gasteiger partial charge in [-0.2, -0.15) is 0 Å². The molecule has 0 aromatic heterocycles. The zero-order chi connectivity index (χ0) is 15.6. The Hall–Kier alpha value is -2.50.